The van der Waals surface area contributed by atoms with Crippen LogP contribution in [0, 0.1) is 11.8 Å². The minimum Gasteiger partial charge on any atom is -0.462 e. The van der Waals surface area contributed by atoms with Crippen molar-refractivity contribution in [1.29, 1.82) is 0 Å². The first-order valence-electron chi connectivity index (χ1n) is 12.3. The number of carbonyl (C=O) groups excluding carboxylic acids is 2. The van der Waals surface area contributed by atoms with Gasteiger partial charge in [-0.1, -0.05) is 89.6 Å². The number of nitrogens with one attached hydrogen (secondary N) is 2. The van der Waals surface area contributed by atoms with E-state index >= 15 is 0 Å². The highest BCUT2D eigenvalue weighted by molar-refractivity contribution is 5.71. The fourth-order valence-electron chi connectivity index (χ4n) is 3.49. The summed E-state index contributed by atoms with van der Waals surface area (Å²) in [6, 6.07) is 10.7. The first-order chi connectivity index (χ1) is 15.5. The first-order valence-corrected chi connectivity index (χ1v) is 12.3. The number of amides is 1. The molecule has 0 aromatic heterocycles. The quantitative estimate of drug-likeness (QED) is 0.241. The van der Waals surface area contributed by atoms with E-state index in [1.165, 1.54) is 50.5 Å². The smallest absolute Gasteiger partial charge is 0.407 e. The maximum absolute atomic E-state index is 11.7. The van der Waals surface area contributed by atoms with Gasteiger partial charge in [-0.05, 0) is 30.9 Å². The van der Waals surface area contributed by atoms with Crippen molar-refractivity contribution in [2.75, 3.05) is 32.8 Å². The molecule has 0 aliphatic carbocycles. The van der Waals surface area contributed by atoms with Gasteiger partial charge in [-0.2, -0.15) is 0 Å². The number of ether oxygens (including phenoxy) is 2. The van der Waals surface area contributed by atoms with E-state index in [2.05, 4.69) is 47.9 Å². The standard InChI is InChI=1S/C26H44N2O4/c1-4-5-6-7-8-10-15-24(20-23-13-11-9-12-14-23)21-27-16-17-28-26(30)32-19-18-31-25(29)22(2)3/h9,11-14,22,24,27H,4-8,10,15-21H2,1-3H3,(H,28,30). The van der Waals surface area contributed by atoms with E-state index < -0.39 is 6.09 Å². The van der Waals surface area contributed by atoms with E-state index in [0.29, 0.717) is 19.0 Å². The highest BCUT2D eigenvalue weighted by Gasteiger charge is 2.11. The minimum absolute atomic E-state index is 0.0646. The van der Waals surface area contributed by atoms with Crippen LogP contribution in [0.3, 0.4) is 0 Å². The average molecular weight is 449 g/mol. The topological polar surface area (TPSA) is 76.7 Å². The molecule has 0 saturated carbocycles. The lowest BCUT2D eigenvalue weighted by Crippen LogP contribution is -2.35. The van der Waals surface area contributed by atoms with Crippen molar-refractivity contribution in [2.24, 2.45) is 11.8 Å². The summed E-state index contributed by atoms with van der Waals surface area (Å²) in [6.07, 6.45) is 9.70. The highest BCUT2D eigenvalue weighted by atomic mass is 16.6. The Balaban J connectivity index is 2.20. The van der Waals surface area contributed by atoms with Gasteiger partial charge in [-0.15, -0.1) is 0 Å². The molecule has 0 saturated heterocycles. The van der Waals surface area contributed by atoms with E-state index in [-0.39, 0.29) is 25.1 Å². The Morgan fingerprint density at radius 3 is 2.31 bits per heavy atom. The molecule has 1 rings (SSSR count). The van der Waals surface area contributed by atoms with Crippen LogP contribution in [0.1, 0.15) is 71.3 Å². The number of carbonyl (C=O) groups is 2. The molecule has 6 heteroatoms. The van der Waals surface area contributed by atoms with E-state index in [9.17, 15) is 9.59 Å². The molecule has 1 aromatic carbocycles. The SMILES string of the molecule is CCCCCCCCC(CNCCNC(=O)OCCOC(=O)C(C)C)Cc1ccccc1. The lowest BCUT2D eigenvalue weighted by Gasteiger charge is -2.18. The summed E-state index contributed by atoms with van der Waals surface area (Å²) in [7, 11) is 0. The Hall–Kier alpha value is -2.08. The molecule has 1 atom stereocenters. The zero-order chi connectivity index (χ0) is 23.4. The van der Waals surface area contributed by atoms with Crippen LogP contribution in [0.5, 0.6) is 0 Å². The Bertz CT molecular complexity index is 607. The summed E-state index contributed by atoms with van der Waals surface area (Å²) in [4.78, 5) is 23.0. The van der Waals surface area contributed by atoms with Crippen LogP contribution >= 0.6 is 0 Å². The summed E-state index contributed by atoms with van der Waals surface area (Å²) < 4.78 is 9.99. The van der Waals surface area contributed by atoms with Crippen molar-refractivity contribution < 1.29 is 19.1 Å². The fourth-order valence-corrected chi connectivity index (χ4v) is 3.49. The Labute approximate surface area is 194 Å². The summed E-state index contributed by atoms with van der Waals surface area (Å²) in [5.41, 5.74) is 1.38. The predicted octanol–water partition coefficient (Wildman–Crippen LogP) is 5.11. The summed E-state index contributed by atoms with van der Waals surface area (Å²) >= 11 is 0. The minimum atomic E-state index is -0.486. The van der Waals surface area contributed by atoms with Gasteiger partial charge in [0.1, 0.15) is 13.2 Å². The third-order valence-corrected chi connectivity index (χ3v) is 5.37. The van der Waals surface area contributed by atoms with Crippen LogP contribution in [-0.4, -0.2) is 44.9 Å². The average Bonchev–Trinajstić information content (AvgIpc) is 2.79. The van der Waals surface area contributed by atoms with Crippen molar-refractivity contribution in [3.63, 3.8) is 0 Å². The molecule has 1 aromatic rings. The molecule has 2 N–H and O–H groups in total. The predicted molar refractivity (Wildman–Crippen MR) is 130 cm³/mol. The zero-order valence-corrected chi connectivity index (χ0v) is 20.4. The Morgan fingerprint density at radius 2 is 1.59 bits per heavy atom. The van der Waals surface area contributed by atoms with Crippen LogP contribution in [-0.2, 0) is 20.7 Å². The van der Waals surface area contributed by atoms with Gasteiger partial charge >= 0.3 is 12.1 Å². The molecule has 0 aliphatic heterocycles. The van der Waals surface area contributed by atoms with Crippen LogP contribution in [0.4, 0.5) is 4.79 Å². The molecule has 0 radical (unpaired) electrons. The number of benzene rings is 1. The van der Waals surface area contributed by atoms with E-state index in [1.54, 1.807) is 13.8 Å². The first kappa shape index (κ1) is 28.0. The molecular formula is C26H44N2O4. The van der Waals surface area contributed by atoms with Gasteiger partial charge in [0.2, 0.25) is 0 Å². The number of rotatable bonds is 18. The second-order valence-corrected chi connectivity index (χ2v) is 8.70. The molecule has 1 unspecified atom stereocenters. The highest BCUT2D eigenvalue weighted by Crippen LogP contribution is 2.16. The van der Waals surface area contributed by atoms with Gasteiger partial charge in [0.25, 0.3) is 0 Å². The van der Waals surface area contributed by atoms with Crippen LogP contribution < -0.4 is 10.6 Å². The zero-order valence-electron chi connectivity index (χ0n) is 20.4. The second kappa shape index (κ2) is 18.5. The van der Waals surface area contributed by atoms with Crippen molar-refractivity contribution in [2.45, 2.75) is 72.1 Å². The number of unbranched alkanes of at least 4 members (excludes halogenated alkanes) is 5. The molecule has 32 heavy (non-hydrogen) atoms. The third kappa shape index (κ3) is 14.8. The van der Waals surface area contributed by atoms with Crippen molar-refractivity contribution >= 4 is 12.1 Å². The summed E-state index contributed by atoms with van der Waals surface area (Å²) in [5.74, 6) is 0.122. The van der Waals surface area contributed by atoms with E-state index in [4.69, 9.17) is 9.47 Å². The van der Waals surface area contributed by atoms with Crippen molar-refractivity contribution in [3.8, 4) is 0 Å². The second-order valence-electron chi connectivity index (χ2n) is 8.70. The molecular weight excluding hydrogens is 404 g/mol. The van der Waals surface area contributed by atoms with E-state index in [1.807, 2.05) is 0 Å². The number of hydrogen-bond donors (Lipinski definition) is 2. The molecule has 1 amide bonds. The monoisotopic (exact) mass is 448 g/mol. The lowest BCUT2D eigenvalue weighted by atomic mass is 9.93. The third-order valence-electron chi connectivity index (χ3n) is 5.37. The molecule has 182 valence electrons. The number of hydrogen-bond acceptors (Lipinski definition) is 5. The molecule has 0 bridgehead atoms. The number of esters is 1. The van der Waals surface area contributed by atoms with Crippen LogP contribution in [0.2, 0.25) is 0 Å². The van der Waals surface area contributed by atoms with Crippen LogP contribution in [0.15, 0.2) is 30.3 Å². The van der Waals surface area contributed by atoms with Crippen molar-refractivity contribution in [3.05, 3.63) is 35.9 Å². The van der Waals surface area contributed by atoms with Crippen LogP contribution in [0.25, 0.3) is 0 Å². The maximum Gasteiger partial charge on any atom is 0.407 e. The number of alkyl carbamates (subject to hydrolysis) is 1. The van der Waals surface area contributed by atoms with Gasteiger partial charge in [0.05, 0.1) is 5.92 Å². The van der Waals surface area contributed by atoms with Crippen molar-refractivity contribution in [1.82, 2.24) is 10.6 Å². The van der Waals surface area contributed by atoms with Gasteiger partial charge in [-0.3, -0.25) is 4.79 Å². The van der Waals surface area contributed by atoms with Gasteiger partial charge < -0.3 is 20.1 Å². The largest absolute Gasteiger partial charge is 0.462 e. The summed E-state index contributed by atoms with van der Waals surface area (Å²) in [6.45, 7) is 8.06. The molecule has 0 aliphatic rings. The normalized spacial score (nSPS) is 11.9. The summed E-state index contributed by atoms with van der Waals surface area (Å²) in [5, 5.41) is 6.20. The molecule has 0 heterocycles. The maximum atomic E-state index is 11.7. The Kier molecular flexibility index (Phi) is 16.1. The van der Waals surface area contributed by atoms with Gasteiger partial charge in [0, 0.05) is 13.1 Å². The fraction of sp³-hybridized carbons (Fsp3) is 0.692. The molecule has 0 fully saturated rings. The lowest BCUT2D eigenvalue weighted by molar-refractivity contribution is -0.148. The van der Waals surface area contributed by atoms with Gasteiger partial charge in [0.15, 0.2) is 0 Å². The molecule has 6 nitrogen and oxygen atoms in total. The molecule has 0 spiro atoms. The van der Waals surface area contributed by atoms with E-state index in [0.717, 1.165) is 13.0 Å². The Morgan fingerprint density at radius 1 is 0.906 bits per heavy atom. The van der Waals surface area contributed by atoms with Gasteiger partial charge in [-0.25, -0.2) is 4.79 Å².